The van der Waals surface area contributed by atoms with Crippen LogP contribution in [0.4, 0.5) is 0 Å². The van der Waals surface area contributed by atoms with Crippen LogP contribution in [0.5, 0.6) is 0 Å². The van der Waals surface area contributed by atoms with E-state index in [1.807, 2.05) is 18.2 Å². The Kier molecular flexibility index (Phi) is 6.25. The highest BCUT2D eigenvalue weighted by molar-refractivity contribution is 7.10. The molecule has 1 amide bonds. The molecule has 0 unspecified atom stereocenters. The lowest BCUT2D eigenvalue weighted by Crippen LogP contribution is -2.48. The molecule has 0 aliphatic carbocycles. The highest BCUT2D eigenvalue weighted by atomic mass is 32.1. The van der Waals surface area contributed by atoms with Crippen molar-refractivity contribution in [1.82, 2.24) is 14.8 Å². The number of carbonyl (C=O) groups is 2. The number of amides is 1. The first-order chi connectivity index (χ1) is 14.1. The monoisotopic (exact) mass is 413 g/mol. The van der Waals surface area contributed by atoms with Gasteiger partial charge < -0.3 is 9.64 Å². The molecule has 0 aromatic carbocycles. The largest absolute Gasteiger partial charge is 0.451 e. The van der Waals surface area contributed by atoms with Gasteiger partial charge in [0, 0.05) is 30.7 Å². The van der Waals surface area contributed by atoms with Gasteiger partial charge in [0.05, 0.1) is 5.69 Å². The minimum Gasteiger partial charge on any atom is -0.451 e. The average Bonchev–Trinajstić information content (AvgIpc) is 3.22. The third kappa shape index (κ3) is 4.67. The van der Waals surface area contributed by atoms with Crippen molar-refractivity contribution in [2.75, 3.05) is 13.1 Å². The number of hydrogen-bond acceptors (Lipinski definition) is 6. The number of thiophene rings is 1. The summed E-state index contributed by atoms with van der Waals surface area (Å²) in [5, 5.41) is 2.07. The third-order valence-electron chi connectivity index (χ3n) is 5.74. The van der Waals surface area contributed by atoms with Gasteiger partial charge in [0.1, 0.15) is 6.04 Å². The van der Waals surface area contributed by atoms with Gasteiger partial charge in [0.15, 0.2) is 6.10 Å². The van der Waals surface area contributed by atoms with Gasteiger partial charge in [-0.05, 0) is 61.9 Å². The Labute approximate surface area is 175 Å². The lowest BCUT2D eigenvalue weighted by molar-refractivity contribution is -0.165. The molecular weight excluding hydrogens is 386 g/mol. The summed E-state index contributed by atoms with van der Waals surface area (Å²) in [5.74, 6) is -0.406. The number of fused-ring (bicyclic) bond motifs is 1. The second-order valence-corrected chi connectivity index (χ2v) is 8.76. The van der Waals surface area contributed by atoms with Crippen LogP contribution in [0.25, 0.3) is 0 Å². The summed E-state index contributed by atoms with van der Waals surface area (Å²) in [4.78, 5) is 35.4. The molecule has 2 atom stereocenters. The van der Waals surface area contributed by atoms with Crippen molar-refractivity contribution < 1.29 is 14.3 Å². The fraction of sp³-hybridized carbons (Fsp3) is 0.500. The molecule has 4 heterocycles. The van der Waals surface area contributed by atoms with Gasteiger partial charge in [-0.2, -0.15) is 0 Å². The minimum absolute atomic E-state index is 0.109. The number of piperidine rings is 1. The van der Waals surface area contributed by atoms with Gasteiger partial charge >= 0.3 is 5.97 Å². The number of esters is 1. The van der Waals surface area contributed by atoms with E-state index in [0.717, 1.165) is 37.9 Å². The first-order valence-electron chi connectivity index (χ1n) is 10.3. The summed E-state index contributed by atoms with van der Waals surface area (Å²) < 4.78 is 5.65. The SMILES string of the molecule is C[C@H](OC(=O)[C@H]1CCCCN1Cc1ccccn1)C(=O)N1CCc2sccc2C1. The standard InChI is InChI=1S/C22H27N3O3S/c1-16(21(26)25-12-8-20-17(14-25)9-13-29-20)28-22(27)19-7-3-5-11-24(19)15-18-6-2-4-10-23-18/h2,4,6,9-10,13,16,19H,3,5,7-8,11-12,14-15H2,1H3/t16-,19+/m0/s1. The van der Waals surface area contributed by atoms with Crippen molar-refractivity contribution in [3.8, 4) is 0 Å². The maximum absolute atomic E-state index is 12.9. The molecule has 2 aromatic rings. The van der Waals surface area contributed by atoms with E-state index in [9.17, 15) is 9.59 Å². The van der Waals surface area contributed by atoms with Gasteiger partial charge in [0.25, 0.3) is 5.91 Å². The van der Waals surface area contributed by atoms with E-state index in [0.29, 0.717) is 19.6 Å². The number of likely N-dealkylation sites (tertiary alicyclic amines) is 1. The smallest absolute Gasteiger partial charge is 0.324 e. The summed E-state index contributed by atoms with van der Waals surface area (Å²) in [6.07, 6.45) is 4.69. The van der Waals surface area contributed by atoms with Crippen molar-refractivity contribution in [3.63, 3.8) is 0 Å². The van der Waals surface area contributed by atoms with Crippen LogP contribution in [0.2, 0.25) is 0 Å². The molecular formula is C22H27N3O3S. The van der Waals surface area contributed by atoms with E-state index >= 15 is 0 Å². The molecule has 1 fully saturated rings. The molecule has 2 aromatic heterocycles. The van der Waals surface area contributed by atoms with E-state index in [1.54, 1.807) is 29.4 Å². The molecule has 1 saturated heterocycles. The van der Waals surface area contributed by atoms with Crippen molar-refractivity contribution in [2.45, 2.75) is 57.8 Å². The molecule has 29 heavy (non-hydrogen) atoms. The zero-order valence-corrected chi connectivity index (χ0v) is 17.6. The Bertz CT molecular complexity index is 854. The number of aromatic nitrogens is 1. The van der Waals surface area contributed by atoms with Gasteiger partial charge in [-0.3, -0.25) is 19.5 Å². The predicted octanol–water partition coefficient (Wildman–Crippen LogP) is 3.01. The van der Waals surface area contributed by atoms with Crippen molar-refractivity contribution >= 4 is 23.2 Å². The maximum atomic E-state index is 12.9. The quantitative estimate of drug-likeness (QED) is 0.705. The summed E-state index contributed by atoms with van der Waals surface area (Å²) in [6.45, 7) is 4.44. The summed E-state index contributed by atoms with van der Waals surface area (Å²) in [6, 6.07) is 7.58. The Morgan fingerprint density at radius 1 is 1.28 bits per heavy atom. The molecule has 2 aliphatic rings. The molecule has 154 valence electrons. The van der Waals surface area contributed by atoms with Gasteiger partial charge in [0.2, 0.25) is 0 Å². The Morgan fingerprint density at radius 3 is 3.00 bits per heavy atom. The van der Waals surface area contributed by atoms with Crippen LogP contribution in [0.3, 0.4) is 0 Å². The number of carbonyl (C=O) groups excluding carboxylic acids is 2. The Morgan fingerprint density at radius 2 is 2.17 bits per heavy atom. The number of rotatable bonds is 5. The maximum Gasteiger partial charge on any atom is 0.324 e. The zero-order chi connectivity index (χ0) is 20.2. The first kappa shape index (κ1) is 20.0. The van der Waals surface area contributed by atoms with E-state index < -0.39 is 6.10 Å². The number of ether oxygens (including phenoxy) is 1. The summed E-state index contributed by atoms with van der Waals surface area (Å²) >= 11 is 1.74. The Hall–Kier alpha value is -2.25. The van der Waals surface area contributed by atoms with Crippen LogP contribution in [0, 0.1) is 0 Å². The van der Waals surface area contributed by atoms with Gasteiger partial charge in [-0.25, -0.2) is 0 Å². The van der Waals surface area contributed by atoms with E-state index in [1.165, 1.54) is 10.4 Å². The number of pyridine rings is 1. The molecule has 0 saturated carbocycles. The molecule has 7 heteroatoms. The first-order valence-corrected chi connectivity index (χ1v) is 11.2. The third-order valence-corrected chi connectivity index (χ3v) is 6.76. The van der Waals surface area contributed by atoms with Crippen LogP contribution in [-0.4, -0.2) is 51.9 Å². The zero-order valence-electron chi connectivity index (χ0n) is 16.8. The fourth-order valence-electron chi connectivity index (χ4n) is 4.14. The lowest BCUT2D eigenvalue weighted by atomic mass is 10.0. The van der Waals surface area contributed by atoms with Crippen LogP contribution in [0.1, 0.15) is 42.3 Å². The number of hydrogen-bond donors (Lipinski definition) is 0. The van der Waals surface area contributed by atoms with Crippen LogP contribution >= 0.6 is 11.3 Å². The molecule has 4 rings (SSSR count). The van der Waals surface area contributed by atoms with Crippen LogP contribution in [0.15, 0.2) is 35.8 Å². The second-order valence-electron chi connectivity index (χ2n) is 7.76. The molecule has 0 bridgehead atoms. The van der Waals surface area contributed by atoms with E-state index in [2.05, 4.69) is 21.3 Å². The molecule has 0 N–H and O–H groups in total. The number of nitrogens with zero attached hydrogens (tertiary/aromatic N) is 3. The van der Waals surface area contributed by atoms with E-state index in [-0.39, 0.29) is 17.9 Å². The van der Waals surface area contributed by atoms with Gasteiger partial charge in [-0.1, -0.05) is 12.5 Å². The van der Waals surface area contributed by atoms with E-state index in [4.69, 9.17) is 4.74 Å². The van der Waals surface area contributed by atoms with Crippen molar-refractivity contribution in [3.05, 3.63) is 52.0 Å². The topological polar surface area (TPSA) is 62.7 Å². The summed E-state index contributed by atoms with van der Waals surface area (Å²) in [7, 11) is 0. The van der Waals surface area contributed by atoms with Crippen molar-refractivity contribution in [2.24, 2.45) is 0 Å². The van der Waals surface area contributed by atoms with Crippen molar-refractivity contribution in [1.29, 1.82) is 0 Å². The average molecular weight is 414 g/mol. The van der Waals surface area contributed by atoms with Crippen LogP contribution < -0.4 is 0 Å². The molecule has 2 aliphatic heterocycles. The minimum atomic E-state index is -0.763. The molecule has 0 radical (unpaired) electrons. The molecule has 0 spiro atoms. The van der Waals surface area contributed by atoms with Crippen LogP contribution in [-0.2, 0) is 33.8 Å². The Balaban J connectivity index is 1.36. The fourth-order valence-corrected chi connectivity index (χ4v) is 5.03. The van der Waals surface area contributed by atoms with Gasteiger partial charge in [-0.15, -0.1) is 11.3 Å². The molecule has 6 nitrogen and oxygen atoms in total. The highest BCUT2D eigenvalue weighted by Crippen LogP contribution is 2.25. The summed E-state index contributed by atoms with van der Waals surface area (Å²) in [5.41, 5.74) is 2.15. The lowest BCUT2D eigenvalue weighted by Gasteiger charge is -2.35. The highest BCUT2D eigenvalue weighted by Gasteiger charge is 2.34. The normalized spacial score (nSPS) is 20.7. The second kappa shape index (κ2) is 9.05. The predicted molar refractivity (Wildman–Crippen MR) is 111 cm³/mol.